The first-order valence-electron chi connectivity index (χ1n) is 11.0. The van der Waals surface area contributed by atoms with Crippen LogP contribution in [-0.2, 0) is 12.8 Å². The fourth-order valence-electron chi connectivity index (χ4n) is 4.35. The van der Waals surface area contributed by atoms with Gasteiger partial charge >= 0.3 is 0 Å². The lowest BCUT2D eigenvalue weighted by Crippen LogP contribution is -2.19. The Morgan fingerprint density at radius 1 is 1.09 bits per heavy atom. The molecule has 5 rings (SSSR count). The van der Waals surface area contributed by atoms with Crippen LogP contribution in [-0.4, -0.2) is 10.9 Å². The number of aromatic nitrogens is 1. The number of hydrogen-bond donors (Lipinski definition) is 2. The zero-order chi connectivity index (χ0) is 22.8. The third-order valence-electron chi connectivity index (χ3n) is 5.87. The van der Waals surface area contributed by atoms with Gasteiger partial charge in [-0.3, -0.25) is 4.79 Å². The third-order valence-corrected chi connectivity index (χ3v) is 7.09. The van der Waals surface area contributed by atoms with Crippen LogP contribution in [0.2, 0.25) is 0 Å². The molecule has 0 saturated carbocycles. The molecular weight excluding hydrogens is 437 g/mol. The largest absolute Gasteiger partial charge is 0.459 e. The number of fused-ring (bicyclic) bond motifs is 1. The number of aryl methyl sites for hydroxylation is 2. The number of amides is 1. The van der Waals surface area contributed by atoms with Gasteiger partial charge in [-0.25, -0.2) is 9.37 Å². The van der Waals surface area contributed by atoms with Crippen molar-refractivity contribution in [3.63, 3.8) is 0 Å². The minimum absolute atomic E-state index is 0.239. The van der Waals surface area contributed by atoms with Crippen LogP contribution >= 0.6 is 11.3 Å². The molecule has 0 aliphatic heterocycles. The van der Waals surface area contributed by atoms with Crippen LogP contribution in [0.15, 0.2) is 65.3 Å². The number of thiophene rings is 1. The molecule has 0 radical (unpaired) electrons. The molecule has 7 heteroatoms. The molecule has 3 heterocycles. The first kappa shape index (κ1) is 21.4. The van der Waals surface area contributed by atoms with E-state index in [9.17, 15) is 4.79 Å². The molecule has 168 valence electrons. The van der Waals surface area contributed by atoms with Gasteiger partial charge in [-0.1, -0.05) is 24.3 Å². The molecule has 33 heavy (non-hydrogen) atoms. The number of furan rings is 1. The second kappa shape index (κ2) is 9.19. The van der Waals surface area contributed by atoms with Crippen LogP contribution in [0.3, 0.4) is 0 Å². The molecule has 2 N–H and O–H groups in total. The van der Waals surface area contributed by atoms with Gasteiger partial charge < -0.3 is 15.1 Å². The number of benzene rings is 1. The number of carbonyl (C=O) groups is 1. The van der Waals surface area contributed by atoms with E-state index in [1.807, 2.05) is 31.2 Å². The van der Waals surface area contributed by atoms with E-state index in [0.29, 0.717) is 11.4 Å². The van der Waals surface area contributed by atoms with E-state index in [0.717, 1.165) is 41.9 Å². The Bertz CT molecular complexity index is 1280. The molecule has 1 amide bonds. The van der Waals surface area contributed by atoms with Gasteiger partial charge in [0.2, 0.25) is 0 Å². The first-order valence-corrected chi connectivity index (χ1v) is 11.9. The Hall–Kier alpha value is -3.45. The average molecular weight is 462 g/mol. The summed E-state index contributed by atoms with van der Waals surface area (Å²) in [5, 5.41) is 7.22. The van der Waals surface area contributed by atoms with Gasteiger partial charge in [0.05, 0.1) is 12.3 Å². The maximum absolute atomic E-state index is 15.1. The number of halogens is 1. The summed E-state index contributed by atoms with van der Waals surface area (Å²) in [6.07, 6.45) is 5.50. The van der Waals surface area contributed by atoms with E-state index >= 15 is 4.39 Å². The van der Waals surface area contributed by atoms with Crippen LogP contribution in [0, 0.1) is 12.7 Å². The van der Waals surface area contributed by atoms with Crippen LogP contribution < -0.4 is 10.6 Å². The summed E-state index contributed by atoms with van der Waals surface area (Å²) in [5.74, 6) is 0.271. The fraction of sp³-hybridized carbons (Fsp3) is 0.231. The summed E-state index contributed by atoms with van der Waals surface area (Å²) in [4.78, 5) is 18.7. The second-order valence-corrected chi connectivity index (χ2v) is 9.25. The lowest BCUT2D eigenvalue weighted by molar-refractivity contribution is 0.0997. The molecule has 0 saturated heterocycles. The van der Waals surface area contributed by atoms with Crippen molar-refractivity contribution in [2.24, 2.45) is 0 Å². The first-order chi connectivity index (χ1) is 16.1. The molecule has 1 atom stereocenters. The normalized spacial score (nSPS) is 13.9. The summed E-state index contributed by atoms with van der Waals surface area (Å²) in [6, 6.07) is 15.3. The molecule has 3 aromatic heterocycles. The highest BCUT2D eigenvalue weighted by Crippen LogP contribution is 2.44. The zero-order valence-corrected chi connectivity index (χ0v) is 19.0. The smallest absolute Gasteiger partial charge is 0.291 e. The number of anilines is 2. The molecule has 5 nitrogen and oxygen atoms in total. The van der Waals surface area contributed by atoms with Crippen LogP contribution in [0.4, 0.5) is 15.2 Å². The van der Waals surface area contributed by atoms with E-state index in [2.05, 4.69) is 15.6 Å². The maximum Gasteiger partial charge on any atom is 0.291 e. The highest BCUT2D eigenvalue weighted by Gasteiger charge is 2.30. The monoisotopic (exact) mass is 461 g/mol. The molecule has 1 aliphatic carbocycles. The lowest BCUT2D eigenvalue weighted by Gasteiger charge is -2.24. The molecular formula is C26H24FN3O2S. The number of rotatable bonds is 6. The standard InChI is InChI=1S/C26H24FN3O2S/c1-16-8-6-14-22(28-16)29-24(17-9-2-4-11-19(17)27)23-18-10-3-5-13-21(18)33-26(23)30-25(31)20-12-7-15-32-20/h2,4,6-9,11-12,14-15,24H,3,5,10,13H2,1H3,(H,28,29)(H,30,31). The number of hydrogen-bond acceptors (Lipinski definition) is 5. The van der Waals surface area contributed by atoms with Crippen molar-refractivity contribution in [1.82, 2.24) is 4.98 Å². The van der Waals surface area contributed by atoms with Gasteiger partial charge in [-0.2, -0.15) is 0 Å². The highest BCUT2D eigenvalue weighted by molar-refractivity contribution is 7.16. The summed E-state index contributed by atoms with van der Waals surface area (Å²) in [6.45, 7) is 1.92. The lowest BCUT2D eigenvalue weighted by atomic mass is 9.89. The van der Waals surface area contributed by atoms with Gasteiger partial charge in [0.1, 0.15) is 16.6 Å². The Balaban J connectivity index is 1.63. The quantitative estimate of drug-likeness (QED) is 0.343. The van der Waals surface area contributed by atoms with Crippen molar-refractivity contribution < 1.29 is 13.6 Å². The van der Waals surface area contributed by atoms with E-state index in [1.54, 1.807) is 35.6 Å². The molecule has 0 spiro atoms. The van der Waals surface area contributed by atoms with Crippen molar-refractivity contribution in [2.45, 2.75) is 38.6 Å². The van der Waals surface area contributed by atoms with Crippen molar-refractivity contribution >= 4 is 28.1 Å². The Labute approximate surface area is 195 Å². The minimum atomic E-state index is -0.509. The molecule has 1 aromatic carbocycles. The van der Waals surface area contributed by atoms with Crippen molar-refractivity contribution in [3.8, 4) is 0 Å². The van der Waals surface area contributed by atoms with Crippen LogP contribution in [0.1, 0.15) is 56.7 Å². The Kier molecular flexibility index (Phi) is 5.96. The van der Waals surface area contributed by atoms with Gasteiger partial charge in [-0.05, 0) is 68.5 Å². The molecule has 4 aromatic rings. The van der Waals surface area contributed by atoms with Crippen molar-refractivity contribution in [2.75, 3.05) is 10.6 Å². The summed E-state index contributed by atoms with van der Waals surface area (Å²) < 4.78 is 20.4. The number of nitrogens with one attached hydrogen (secondary N) is 2. The fourth-order valence-corrected chi connectivity index (χ4v) is 5.67. The zero-order valence-electron chi connectivity index (χ0n) is 18.2. The Morgan fingerprint density at radius 2 is 1.94 bits per heavy atom. The van der Waals surface area contributed by atoms with Crippen molar-refractivity contribution in [1.29, 1.82) is 0 Å². The van der Waals surface area contributed by atoms with E-state index in [4.69, 9.17) is 4.42 Å². The number of carbonyl (C=O) groups excluding carboxylic acids is 1. The number of nitrogens with zero attached hydrogens (tertiary/aromatic N) is 1. The third kappa shape index (κ3) is 4.41. The van der Waals surface area contributed by atoms with Gasteiger partial charge in [-0.15, -0.1) is 11.3 Å². The maximum atomic E-state index is 15.1. The average Bonchev–Trinajstić information content (AvgIpc) is 3.46. The van der Waals surface area contributed by atoms with Gasteiger partial charge in [0.25, 0.3) is 5.91 Å². The van der Waals surface area contributed by atoms with E-state index in [-0.39, 0.29) is 17.5 Å². The van der Waals surface area contributed by atoms with Gasteiger partial charge in [0, 0.05) is 21.7 Å². The molecule has 0 fully saturated rings. The predicted molar refractivity (Wildman–Crippen MR) is 128 cm³/mol. The van der Waals surface area contributed by atoms with Crippen molar-refractivity contribution in [3.05, 3.63) is 99.7 Å². The predicted octanol–water partition coefficient (Wildman–Crippen LogP) is 6.52. The Morgan fingerprint density at radius 3 is 2.73 bits per heavy atom. The summed E-state index contributed by atoms with van der Waals surface area (Å²) in [7, 11) is 0. The van der Waals surface area contributed by atoms with Gasteiger partial charge in [0.15, 0.2) is 5.76 Å². The summed E-state index contributed by atoms with van der Waals surface area (Å²) >= 11 is 1.57. The van der Waals surface area contributed by atoms with Crippen LogP contribution in [0.5, 0.6) is 0 Å². The highest BCUT2D eigenvalue weighted by atomic mass is 32.1. The molecule has 1 unspecified atom stereocenters. The second-order valence-electron chi connectivity index (χ2n) is 8.15. The van der Waals surface area contributed by atoms with E-state index in [1.165, 1.54) is 22.8 Å². The molecule has 1 aliphatic rings. The van der Waals surface area contributed by atoms with Crippen LogP contribution in [0.25, 0.3) is 0 Å². The number of pyridine rings is 1. The van der Waals surface area contributed by atoms with E-state index < -0.39 is 6.04 Å². The topological polar surface area (TPSA) is 67.2 Å². The minimum Gasteiger partial charge on any atom is -0.459 e. The molecule has 0 bridgehead atoms. The SMILES string of the molecule is Cc1cccc(NC(c2ccccc2F)c2c(NC(=O)c3ccco3)sc3c2CCCC3)n1. The summed E-state index contributed by atoms with van der Waals surface area (Å²) in [5.41, 5.74) is 3.48.